The van der Waals surface area contributed by atoms with E-state index in [9.17, 15) is 4.79 Å². The van der Waals surface area contributed by atoms with E-state index in [2.05, 4.69) is 5.32 Å². The zero-order chi connectivity index (χ0) is 12.8. The minimum Gasteiger partial charge on any atom is -0.448 e. The molecule has 0 bridgehead atoms. The van der Waals surface area contributed by atoms with Crippen molar-refractivity contribution < 1.29 is 9.53 Å². The number of carbonyl (C=O) groups excluding carboxylic acids is 1. The van der Waals surface area contributed by atoms with Crippen molar-refractivity contribution in [3.05, 3.63) is 29.3 Å². The first-order chi connectivity index (χ1) is 7.99. The number of anilines is 1. The lowest BCUT2D eigenvalue weighted by atomic mass is 10.1. The first-order valence-electron chi connectivity index (χ1n) is 5.65. The second-order valence-electron chi connectivity index (χ2n) is 4.38. The Kier molecular flexibility index (Phi) is 4.97. The molecule has 1 N–H and O–H groups in total. The third kappa shape index (κ3) is 4.87. The van der Waals surface area contributed by atoms with Crippen LogP contribution in [0.3, 0.4) is 0 Å². The van der Waals surface area contributed by atoms with Gasteiger partial charge in [-0.05, 0) is 39.6 Å². The van der Waals surface area contributed by atoms with Crippen LogP contribution in [0.4, 0.5) is 10.5 Å². The molecule has 0 aromatic heterocycles. The number of nitrogens with zero attached hydrogens (tertiary/aromatic N) is 1. The molecule has 1 aromatic rings. The number of carbonyl (C=O) groups is 1. The summed E-state index contributed by atoms with van der Waals surface area (Å²) in [6, 6.07) is 5.87. The predicted molar refractivity (Wildman–Crippen MR) is 69.4 cm³/mol. The van der Waals surface area contributed by atoms with Gasteiger partial charge in [-0.1, -0.05) is 17.7 Å². The van der Waals surface area contributed by atoms with Crippen LogP contribution in [-0.2, 0) is 4.74 Å². The molecule has 4 nitrogen and oxygen atoms in total. The van der Waals surface area contributed by atoms with E-state index in [0.29, 0.717) is 6.61 Å². The van der Waals surface area contributed by atoms with Crippen LogP contribution in [0.15, 0.2) is 18.2 Å². The molecule has 0 atom stereocenters. The second-order valence-corrected chi connectivity index (χ2v) is 4.38. The standard InChI is InChI=1S/C13H20N2O2/c1-10-5-6-12(11(2)9-10)14-13(16)17-8-7-15(3)4/h5-6,9H,7-8H2,1-4H3,(H,14,16). The lowest BCUT2D eigenvalue weighted by molar-refractivity contribution is 0.151. The summed E-state index contributed by atoms with van der Waals surface area (Å²) in [4.78, 5) is 13.4. The molecule has 0 aliphatic heterocycles. The fourth-order valence-corrected chi connectivity index (χ4v) is 1.42. The Morgan fingerprint density at radius 1 is 1.35 bits per heavy atom. The van der Waals surface area contributed by atoms with E-state index in [4.69, 9.17) is 4.74 Å². The summed E-state index contributed by atoms with van der Waals surface area (Å²) < 4.78 is 5.05. The summed E-state index contributed by atoms with van der Waals surface area (Å²) in [5.41, 5.74) is 3.01. The highest BCUT2D eigenvalue weighted by molar-refractivity contribution is 5.85. The number of rotatable bonds is 4. The Hall–Kier alpha value is -1.55. The van der Waals surface area contributed by atoms with Crippen LogP contribution in [-0.4, -0.2) is 38.2 Å². The van der Waals surface area contributed by atoms with Crippen LogP contribution >= 0.6 is 0 Å². The maximum atomic E-state index is 11.5. The Balaban J connectivity index is 2.45. The van der Waals surface area contributed by atoms with Crippen LogP contribution < -0.4 is 5.32 Å². The smallest absolute Gasteiger partial charge is 0.411 e. The highest BCUT2D eigenvalue weighted by Gasteiger charge is 2.05. The Labute approximate surface area is 103 Å². The van der Waals surface area contributed by atoms with E-state index < -0.39 is 6.09 Å². The summed E-state index contributed by atoms with van der Waals surface area (Å²) in [5.74, 6) is 0. The van der Waals surface area contributed by atoms with Gasteiger partial charge in [-0.15, -0.1) is 0 Å². The van der Waals surface area contributed by atoms with Crippen LogP contribution in [0.5, 0.6) is 0 Å². The molecule has 0 saturated carbocycles. The van der Waals surface area contributed by atoms with E-state index in [1.165, 1.54) is 5.56 Å². The zero-order valence-corrected chi connectivity index (χ0v) is 10.9. The SMILES string of the molecule is Cc1ccc(NC(=O)OCCN(C)C)c(C)c1. The summed E-state index contributed by atoms with van der Waals surface area (Å²) in [5, 5.41) is 2.73. The highest BCUT2D eigenvalue weighted by Crippen LogP contribution is 2.15. The maximum absolute atomic E-state index is 11.5. The van der Waals surface area contributed by atoms with Crippen molar-refractivity contribution in [2.75, 3.05) is 32.6 Å². The van der Waals surface area contributed by atoms with Crippen molar-refractivity contribution in [1.29, 1.82) is 0 Å². The van der Waals surface area contributed by atoms with Crippen LogP contribution in [0, 0.1) is 13.8 Å². The quantitative estimate of drug-likeness (QED) is 0.873. The molecule has 0 radical (unpaired) electrons. The van der Waals surface area contributed by atoms with Gasteiger partial charge in [0.05, 0.1) is 0 Å². The number of likely N-dealkylation sites (N-methyl/N-ethyl adjacent to an activating group) is 1. The minimum atomic E-state index is -0.404. The van der Waals surface area contributed by atoms with Gasteiger partial charge in [0.1, 0.15) is 6.61 Å². The van der Waals surface area contributed by atoms with E-state index in [1.54, 1.807) is 0 Å². The molecule has 0 aliphatic carbocycles. The summed E-state index contributed by atoms with van der Waals surface area (Å²) in [6.45, 7) is 5.10. The van der Waals surface area contributed by atoms with Crippen molar-refractivity contribution in [2.24, 2.45) is 0 Å². The average molecular weight is 236 g/mol. The lowest BCUT2D eigenvalue weighted by Gasteiger charge is -2.12. The predicted octanol–water partition coefficient (Wildman–Crippen LogP) is 2.41. The van der Waals surface area contributed by atoms with Crippen molar-refractivity contribution in [1.82, 2.24) is 4.90 Å². The van der Waals surface area contributed by atoms with Crippen molar-refractivity contribution >= 4 is 11.8 Å². The molecule has 1 rings (SSSR count). The first-order valence-corrected chi connectivity index (χ1v) is 5.65. The molecule has 0 aliphatic rings. The molecular weight excluding hydrogens is 216 g/mol. The summed E-state index contributed by atoms with van der Waals surface area (Å²) >= 11 is 0. The number of hydrogen-bond acceptors (Lipinski definition) is 3. The summed E-state index contributed by atoms with van der Waals surface area (Å²) in [6.07, 6.45) is -0.404. The highest BCUT2D eigenvalue weighted by atomic mass is 16.5. The number of aryl methyl sites for hydroxylation is 2. The van der Waals surface area contributed by atoms with Gasteiger partial charge in [0.25, 0.3) is 0 Å². The van der Waals surface area contributed by atoms with Gasteiger partial charge >= 0.3 is 6.09 Å². The van der Waals surface area contributed by atoms with Crippen molar-refractivity contribution in [3.8, 4) is 0 Å². The van der Waals surface area contributed by atoms with Gasteiger partial charge in [0, 0.05) is 12.2 Å². The van der Waals surface area contributed by atoms with E-state index in [0.717, 1.165) is 17.8 Å². The fraction of sp³-hybridized carbons (Fsp3) is 0.462. The number of nitrogens with one attached hydrogen (secondary N) is 1. The number of ether oxygens (including phenoxy) is 1. The Morgan fingerprint density at radius 2 is 2.06 bits per heavy atom. The molecule has 1 aromatic carbocycles. The van der Waals surface area contributed by atoms with Gasteiger partial charge in [-0.25, -0.2) is 4.79 Å². The third-order valence-corrected chi connectivity index (χ3v) is 2.39. The molecule has 0 saturated heterocycles. The van der Waals surface area contributed by atoms with E-state index in [1.807, 2.05) is 51.0 Å². The largest absolute Gasteiger partial charge is 0.448 e. The van der Waals surface area contributed by atoms with Gasteiger partial charge < -0.3 is 9.64 Å². The fourth-order valence-electron chi connectivity index (χ4n) is 1.42. The summed E-state index contributed by atoms with van der Waals surface area (Å²) in [7, 11) is 3.87. The topological polar surface area (TPSA) is 41.6 Å². The van der Waals surface area contributed by atoms with Gasteiger partial charge in [-0.3, -0.25) is 5.32 Å². The number of hydrogen-bond donors (Lipinski definition) is 1. The van der Waals surface area contributed by atoms with Gasteiger partial charge in [-0.2, -0.15) is 0 Å². The van der Waals surface area contributed by atoms with Crippen LogP contribution in [0.25, 0.3) is 0 Å². The molecule has 0 heterocycles. The van der Waals surface area contributed by atoms with Crippen molar-refractivity contribution in [3.63, 3.8) is 0 Å². The molecule has 0 fully saturated rings. The normalized spacial score (nSPS) is 10.4. The number of benzene rings is 1. The van der Waals surface area contributed by atoms with Crippen LogP contribution in [0.2, 0.25) is 0 Å². The molecule has 17 heavy (non-hydrogen) atoms. The van der Waals surface area contributed by atoms with Gasteiger partial charge in [0.2, 0.25) is 0 Å². The lowest BCUT2D eigenvalue weighted by Crippen LogP contribution is -2.22. The third-order valence-electron chi connectivity index (χ3n) is 2.39. The first kappa shape index (κ1) is 13.5. The average Bonchev–Trinajstić information content (AvgIpc) is 2.21. The monoisotopic (exact) mass is 236 g/mol. The molecule has 0 spiro atoms. The molecule has 0 unspecified atom stereocenters. The van der Waals surface area contributed by atoms with Crippen molar-refractivity contribution in [2.45, 2.75) is 13.8 Å². The minimum absolute atomic E-state index is 0.393. The van der Waals surface area contributed by atoms with Crippen LogP contribution in [0.1, 0.15) is 11.1 Å². The Morgan fingerprint density at radius 3 is 2.65 bits per heavy atom. The number of amides is 1. The van der Waals surface area contributed by atoms with E-state index >= 15 is 0 Å². The molecule has 94 valence electrons. The molecule has 4 heteroatoms. The second kappa shape index (κ2) is 6.25. The Bertz CT molecular complexity index is 389. The molecule has 1 amide bonds. The van der Waals surface area contributed by atoms with E-state index in [-0.39, 0.29) is 0 Å². The zero-order valence-electron chi connectivity index (χ0n) is 10.9. The maximum Gasteiger partial charge on any atom is 0.411 e. The molecular formula is C13H20N2O2. The van der Waals surface area contributed by atoms with Gasteiger partial charge in [0.15, 0.2) is 0 Å².